The third-order valence-electron chi connectivity index (χ3n) is 1.43. The van der Waals surface area contributed by atoms with Crippen LogP contribution in [0.4, 0.5) is 0 Å². The van der Waals surface area contributed by atoms with Gasteiger partial charge in [-0.2, -0.15) is 11.8 Å². The number of rotatable bonds is 7. The standard InChI is InChI=1S/C8H19NOS/c1-8(7-11-3)9-5-4-6-10-2/h8-9H,4-7H2,1-3H3. The lowest BCUT2D eigenvalue weighted by atomic mass is 10.3. The van der Waals surface area contributed by atoms with Crippen LogP contribution in [-0.2, 0) is 4.74 Å². The summed E-state index contributed by atoms with van der Waals surface area (Å²) >= 11 is 1.88. The number of hydrogen-bond donors (Lipinski definition) is 1. The Kier molecular flexibility index (Phi) is 8.57. The summed E-state index contributed by atoms with van der Waals surface area (Å²) in [5, 5.41) is 3.42. The Morgan fingerprint density at radius 1 is 1.55 bits per heavy atom. The Morgan fingerprint density at radius 2 is 2.27 bits per heavy atom. The van der Waals surface area contributed by atoms with Gasteiger partial charge in [0, 0.05) is 25.5 Å². The van der Waals surface area contributed by atoms with Gasteiger partial charge in [0.25, 0.3) is 0 Å². The number of ether oxygens (including phenoxy) is 1. The second-order valence-corrected chi connectivity index (χ2v) is 3.57. The summed E-state index contributed by atoms with van der Waals surface area (Å²) in [5.41, 5.74) is 0. The summed E-state index contributed by atoms with van der Waals surface area (Å²) in [6.07, 6.45) is 3.24. The predicted octanol–water partition coefficient (Wildman–Crippen LogP) is 1.36. The molecule has 0 aliphatic carbocycles. The van der Waals surface area contributed by atoms with Crippen LogP contribution in [0.5, 0.6) is 0 Å². The van der Waals surface area contributed by atoms with Crippen molar-refractivity contribution in [3.8, 4) is 0 Å². The molecule has 3 heteroatoms. The highest BCUT2D eigenvalue weighted by atomic mass is 32.2. The third kappa shape index (κ3) is 8.17. The SMILES string of the molecule is COCCCNC(C)CSC. The number of hydrogen-bond acceptors (Lipinski definition) is 3. The molecule has 2 nitrogen and oxygen atoms in total. The average molecular weight is 177 g/mol. The molecule has 68 valence electrons. The molecule has 0 saturated heterocycles. The van der Waals surface area contributed by atoms with E-state index < -0.39 is 0 Å². The highest BCUT2D eigenvalue weighted by molar-refractivity contribution is 7.98. The lowest BCUT2D eigenvalue weighted by Crippen LogP contribution is -2.29. The van der Waals surface area contributed by atoms with E-state index in [1.54, 1.807) is 7.11 Å². The Morgan fingerprint density at radius 3 is 2.82 bits per heavy atom. The largest absolute Gasteiger partial charge is 0.385 e. The molecule has 1 atom stereocenters. The molecule has 0 rings (SSSR count). The summed E-state index contributed by atoms with van der Waals surface area (Å²) in [6.45, 7) is 4.14. The van der Waals surface area contributed by atoms with Crippen molar-refractivity contribution in [2.75, 3.05) is 32.3 Å². The van der Waals surface area contributed by atoms with E-state index in [0.717, 1.165) is 19.6 Å². The smallest absolute Gasteiger partial charge is 0.0474 e. The van der Waals surface area contributed by atoms with Crippen LogP contribution in [0.1, 0.15) is 13.3 Å². The quantitative estimate of drug-likeness (QED) is 0.593. The van der Waals surface area contributed by atoms with Crippen LogP contribution in [-0.4, -0.2) is 38.3 Å². The van der Waals surface area contributed by atoms with Crippen LogP contribution in [0.2, 0.25) is 0 Å². The van der Waals surface area contributed by atoms with Gasteiger partial charge < -0.3 is 10.1 Å². The summed E-state index contributed by atoms with van der Waals surface area (Å²) in [5.74, 6) is 1.19. The molecule has 0 bridgehead atoms. The highest BCUT2D eigenvalue weighted by Crippen LogP contribution is 1.95. The van der Waals surface area contributed by atoms with Crippen molar-refractivity contribution in [1.82, 2.24) is 5.32 Å². The number of thioether (sulfide) groups is 1. The van der Waals surface area contributed by atoms with Crippen molar-refractivity contribution in [3.63, 3.8) is 0 Å². The molecule has 0 aromatic heterocycles. The summed E-state index contributed by atoms with van der Waals surface area (Å²) < 4.78 is 4.94. The zero-order valence-electron chi connectivity index (χ0n) is 7.72. The molecule has 1 unspecified atom stereocenters. The van der Waals surface area contributed by atoms with Crippen LogP contribution in [0, 0.1) is 0 Å². The summed E-state index contributed by atoms with van der Waals surface area (Å²) in [6, 6.07) is 0.627. The molecule has 0 radical (unpaired) electrons. The van der Waals surface area contributed by atoms with E-state index in [2.05, 4.69) is 18.5 Å². The molecule has 11 heavy (non-hydrogen) atoms. The molecular formula is C8H19NOS. The van der Waals surface area contributed by atoms with E-state index in [0.29, 0.717) is 6.04 Å². The summed E-state index contributed by atoms with van der Waals surface area (Å²) in [7, 11) is 1.74. The Labute approximate surface area is 74.1 Å². The van der Waals surface area contributed by atoms with Gasteiger partial charge in [0.1, 0.15) is 0 Å². The molecule has 0 heterocycles. The average Bonchev–Trinajstić information content (AvgIpc) is 1.99. The van der Waals surface area contributed by atoms with Crippen LogP contribution in [0.15, 0.2) is 0 Å². The van der Waals surface area contributed by atoms with Crippen LogP contribution < -0.4 is 5.32 Å². The fourth-order valence-electron chi connectivity index (χ4n) is 0.874. The maximum atomic E-state index is 4.94. The zero-order valence-corrected chi connectivity index (χ0v) is 8.54. The topological polar surface area (TPSA) is 21.3 Å². The molecule has 0 saturated carbocycles. The van der Waals surface area contributed by atoms with Gasteiger partial charge in [-0.3, -0.25) is 0 Å². The normalized spacial score (nSPS) is 13.4. The second-order valence-electron chi connectivity index (χ2n) is 2.66. The van der Waals surface area contributed by atoms with Gasteiger partial charge in [-0.25, -0.2) is 0 Å². The highest BCUT2D eigenvalue weighted by Gasteiger charge is 1.97. The summed E-state index contributed by atoms with van der Waals surface area (Å²) in [4.78, 5) is 0. The monoisotopic (exact) mass is 177 g/mol. The molecule has 0 amide bonds. The maximum Gasteiger partial charge on any atom is 0.0474 e. The Hall–Kier alpha value is 0.270. The van der Waals surface area contributed by atoms with Crippen molar-refractivity contribution in [1.29, 1.82) is 0 Å². The first-order valence-electron chi connectivity index (χ1n) is 4.02. The first-order chi connectivity index (χ1) is 5.31. The van der Waals surface area contributed by atoms with Crippen molar-refractivity contribution < 1.29 is 4.74 Å². The molecule has 0 fully saturated rings. The number of methoxy groups -OCH3 is 1. The molecular weight excluding hydrogens is 158 g/mol. The predicted molar refractivity (Wildman–Crippen MR) is 52.3 cm³/mol. The molecule has 0 spiro atoms. The van der Waals surface area contributed by atoms with Gasteiger partial charge in [-0.1, -0.05) is 0 Å². The van der Waals surface area contributed by atoms with Crippen LogP contribution >= 0.6 is 11.8 Å². The van der Waals surface area contributed by atoms with Gasteiger partial charge >= 0.3 is 0 Å². The fourth-order valence-corrected chi connectivity index (χ4v) is 1.49. The number of nitrogens with one attached hydrogen (secondary N) is 1. The Bertz CT molecular complexity index is 80.5. The van der Waals surface area contributed by atoms with E-state index in [-0.39, 0.29) is 0 Å². The first-order valence-corrected chi connectivity index (χ1v) is 5.42. The van der Waals surface area contributed by atoms with E-state index in [1.165, 1.54) is 5.75 Å². The van der Waals surface area contributed by atoms with Crippen molar-refractivity contribution >= 4 is 11.8 Å². The van der Waals surface area contributed by atoms with Gasteiger partial charge in [-0.15, -0.1) is 0 Å². The second kappa shape index (κ2) is 8.37. The van der Waals surface area contributed by atoms with E-state index in [9.17, 15) is 0 Å². The lowest BCUT2D eigenvalue weighted by Gasteiger charge is -2.11. The van der Waals surface area contributed by atoms with Gasteiger partial charge in [0.15, 0.2) is 0 Å². The van der Waals surface area contributed by atoms with Crippen molar-refractivity contribution in [2.45, 2.75) is 19.4 Å². The minimum absolute atomic E-state index is 0.627. The van der Waals surface area contributed by atoms with Gasteiger partial charge in [0.05, 0.1) is 0 Å². The molecule has 0 aliphatic rings. The maximum absolute atomic E-state index is 4.94. The van der Waals surface area contributed by atoms with Gasteiger partial charge in [-0.05, 0) is 26.1 Å². The van der Waals surface area contributed by atoms with E-state index >= 15 is 0 Å². The Balaban J connectivity index is 2.97. The molecule has 0 aliphatic heterocycles. The first kappa shape index (κ1) is 11.3. The zero-order chi connectivity index (χ0) is 8.53. The van der Waals surface area contributed by atoms with Gasteiger partial charge in [0.2, 0.25) is 0 Å². The van der Waals surface area contributed by atoms with E-state index in [1.807, 2.05) is 11.8 Å². The van der Waals surface area contributed by atoms with Crippen LogP contribution in [0.3, 0.4) is 0 Å². The van der Waals surface area contributed by atoms with Crippen LogP contribution in [0.25, 0.3) is 0 Å². The molecule has 1 N–H and O–H groups in total. The third-order valence-corrected chi connectivity index (χ3v) is 2.27. The molecule has 0 aromatic carbocycles. The van der Waals surface area contributed by atoms with E-state index in [4.69, 9.17) is 4.74 Å². The molecule has 0 aromatic rings. The minimum atomic E-state index is 0.627. The fraction of sp³-hybridized carbons (Fsp3) is 1.00. The van der Waals surface area contributed by atoms with Crippen molar-refractivity contribution in [3.05, 3.63) is 0 Å². The van der Waals surface area contributed by atoms with Crippen molar-refractivity contribution in [2.24, 2.45) is 0 Å². The minimum Gasteiger partial charge on any atom is -0.385 e. The lowest BCUT2D eigenvalue weighted by molar-refractivity contribution is 0.193.